The maximum absolute atomic E-state index is 12.5. The van der Waals surface area contributed by atoms with Crippen LogP contribution in [0.5, 0.6) is 0 Å². The van der Waals surface area contributed by atoms with Gasteiger partial charge in [-0.05, 0) is 88.7 Å². The molecule has 4 aliphatic heterocycles. The Hall–Kier alpha value is -3.76. The van der Waals surface area contributed by atoms with Gasteiger partial charge in [0.25, 0.3) is 0 Å². The van der Waals surface area contributed by atoms with Crippen LogP contribution in [-0.2, 0) is 19.2 Å². The standard InChI is InChI=1S/2C16H21N3O2/c2*20-15(18-12-6-2-1-3-7-12)14-9-5-11-19(14)16(21)13-8-4-10-17-13/h2*1-3,6-7,13-14,17H,4-5,8-11H2,(H,18,20)/t2*13-,14-/m00/s1. The van der Waals surface area contributed by atoms with Crippen molar-refractivity contribution in [2.45, 2.75) is 75.5 Å². The molecule has 0 saturated carbocycles. The van der Waals surface area contributed by atoms with E-state index in [1.165, 1.54) is 0 Å². The zero-order valence-corrected chi connectivity index (χ0v) is 24.1. The van der Waals surface area contributed by atoms with Gasteiger partial charge in [-0.1, -0.05) is 36.4 Å². The predicted molar refractivity (Wildman–Crippen MR) is 162 cm³/mol. The zero-order chi connectivity index (χ0) is 29.3. The maximum Gasteiger partial charge on any atom is 0.247 e. The molecule has 0 spiro atoms. The number of nitrogens with one attached hydrogen (secondary N) is 4. The van der Waals surface area contributed by atoms with E-state index in [2.05, 4.69) is 21.3 Å². The van der Waals surface area contributed by atoms with E-state index in [-0.39, 0.29) is 47.8 Å². The van der Waals surface area contributed by atoms with Crippen LogP contribution in [0.25, 0.3) is 0 Å². The number of rotatable bonds is 6. The Morgan fingerprint density at radius 2 is 0.976 bits per heavy atom. The van der Waals surface area contributed by atoms with E-state index in [1.807, 2.05) is 60.7 Å². The van der Waals surface area contributed by atoms with Crippen LogP contribution >= 0.6 is 0 Å². The highest BCUT2D eigenvalue weighted by molar-refractivity contribution is 5.99. The summed E-state index contributed by atoms with van der Waals surface area (Å²) in [6, 6.07) is 17.9. The van der Waals surface area contributed by atoms with Gasteiger partial charge in [0.15, 0.2) is 0 Å². The van der Waals surface area contributed by atoms with Crippen molar-refractivity contribution in [2.24, 2.45) is 0 Å². The zero-order valence-electron chi connectivity index (χ0n) is 24.1. The van der Waals surface area contributed by atoms with Crippen molar-refractivity contribution in [3.05, 3.63) is 60.7 Å². The van der Waals surface area contributed by atoms with Crippen molar-refractivity contribution in [2.75, 3.05) is 36.8 Å². The topological polar surface area (TPSA) is 123 Å². The lowest BCUT2D eigenvalue weighted by Crippen LogP contribution is -2.49. The Balaban J connectivity index is 0.000000168. The molecule has 0 bridgehead atoms. The fourth-order valence-corrected chi connectivity index (χ4v) is 6.29. The number of carbonyl (C=O) groups excluding carboxylic acids is 4. The molecule has 0 radical (unpaired) electrons. The molecular formula is C32H42N6O4. The van der Waals surface area contributed by atoms with Crippen LogP contribution in [-0.4, -0.2) is 83.8 Å². The first-order valence-electron chi connectivity index (χ1n) is 15.3. The van der Waals surface area contributed by atoms with Gasteiger partial charge in [-0.3, -0.25) is 19.2 Å². The number of hydrogen-bond donors (Lipinski definition) is 4. The lowest BCUT2D eigenvalue weighted by atomic mass is 10.1. The van der Waals surface area contributed by atoms with Gasteiger partial charge in [0, 0.05) is 24.5 Å². The summed E-state index contributed by atoms with van der Waals surface area (Å²) >= 11 is 0. The minimum absolute atomic E-state index is 0.0787. The molecule has 2 aromatic carbocycles. The molecule has 10 nitrogen and oxygen atoms in total. The van der Waals surface area contributed by atoms with Crippen molar-refractivity contribution in [1.29, 1.82) is 0 Å². The molecule has 4 fully saturated rings. The third-order valence-corrected chi connectivity index (χ3v) is 8.48. The normalized spacial score (nSPS) is 25.0. The number of benzene rings is 2. The van der Waals surface area contributed by atoms with Crippen molar-refractivity contribution >= 4 is 35.0 Å². The second-order valence-corrected chi connectivity index (χ2v) is 11.4. The Bertz CT molecular complexity index is 1120. The molecule has 4 atom stereocenters. The molecule has 0 aromatic heterocycles. The van der Waals surface area contributed by atoms with Crippen LogP contribution in [0.15, 0.2) is 60.7 Å². The summed E-state index contributed by atoms with van der Waals surface area (Å²) in [5.41, 5.74) is 1.56. The number of amides is 4. The first-order valence-corrected chi connectivity index (χ1v) is 15.3. The third kappa shape index (κ3) is 7.35. The van der Waals surface area contributed by atoms with E-state index in [0.29, 0.717) is 13.1 Å². The highest BCUT2D eigenvalue weighted by Crippen LogP contribution is 2.23. The van der Waals surface area contributed by atoms with Crippen molar-refractivity contribution in [3.8, 4) is 0 Å². The van der Waals surface area contributed by atoms with Gasteiger partial charge in [-0.25, -0.2) is 0 Å². The van der Waals surface area contributed by atoms with Gasteiger partial charge < -0.3 is 31.1 Å². The lowest BCUT2D eigenvalue weighted by Gasteiger charge is -2.26. The van der Waals surface area contributed by atoms with Crippen LogP contribution in [0.3, 0.4) is 0 Å². The number of carbonyl (C=O) groups is 4. The maximum atomic E-state index is 12.5. The molecule has 4 heterocycles. The monoisotopic (exact) mass is 574 g/mol. The van der Waals surface area contributed by atoms with Gasteiger partial charge in [0.05, 0.1) is 12.1 Å². The molecule has 6 rings (SSSR count). The average Bonchev–Trinajstić information content (AvgIpc) is 3.84. The minimum Gasteiger partial charge on any atom is -0.329 e. The van der Waals surface area contributed by atoms with Crippen LogP contribution in [0.1, 0.15) is 51.4 Å². The molecule has 42 heavy (non-hydrogen) atoms. The smallest absolute Gasteiger partial charge is 0.247 e. The SMILES string of the molecule is O=C(Nc1ccccc1)[C@@H]1CCCN1C(=O)[C@@H]1CCCN1.O=C(Nc1ccccc1)[C@@H]1CCCN1C(=O)[C@@H]1CCCN1. The molecule has 2 aromatic rings. The molecule has 4 N–H and O–H groups in total. The Kier molecular flexibility index (Phi) is 10.2. The van der Waals surface area contributed by atoms with Crippen LogP contribution in [0.2, 0.25) is 0 Å². The second kappa shape index (κ2) is 14.4. The predicted octanol–water partition coefficient (Wildman–Crippen LogP) is 2.74. The van der Waals surface area contributed by atoms with E-state index in [0.717, 1.165) is 75.8 Å². The van der Waals surface area contributed by atoms with Gasteiger partial charge in [-0.2, -0.15) is 0 Å². The van der Waals surface area contributed by atoms with E-state index in [4.69, 9.17) is 0 Å². The van der Waals surface area contributed by atoms with Gasteiger partial charge in [0.2, 0.25) is 23.6 Å². The van der Waals surface area contributed by atoms with Crippen molar-refractivity contribution in [1.82, 2.24) is 20.4 Å². The third-order valence-electron chi connectivity index (χ3n) is 8.48. The molecule has 224 valence electrons. The average molecular weight is 575 g/mol. The Labute approximate surface area is 247 Å². The summed E-state index contributed by atoms with van der Waals surface area (Å²) in [4.78, 5) is 53.3. The largest absolute Gasteiger partial charge is 0.329 e. The molecule has 0 aliphatic carbocycles. The quantitative estimate of drug-likeness (QED) is 0.421. The number of nitrogens with zero attached hydrogens (tertiary/aromatic N) is 2. The fraction of sp³-hybridized carbons (Fsp3) is 0.500. The second-order valence-electron chi connectivity index (χ2n) is 11.4. The van der Waals surface area contributed by atoms with Gasteiger partial charge in [0.1, 0.15) is 12.1 Å². The minimum atomic E-state index is -0.333. The molecule has 4 amide bonds. The first kappa shape index (κ1) is 29.7. The summed E-state index contributed by atoms with van der Waals surface area (Å²) in [5, 5.41) is 12.3. The Morgan fingerprint density at radius 1 is 0.571 bits per heavy atom. The summed E-state index contributed by atoms with van der Waals surface area (Å²) in [5.74, 6) is 0.00603. The fourth-order valence-electron chi connectivity index (χ4n) is 6.29. The number of likely N-dealkylation sites (tertiary alicyclic amines) is 2. The number of anilines is 2. The summed E-state index contributed by atoms with van der Waals surface area (Å²) in [7, 11) is 0. The molecule has 4 aliphatic rings. The molecular weight excluding hydrogens is 532 g/mol. The van der Waals surface area contributed by atoms with Crippen LogP contribution in [0.4, 0.5) is 11.4 Å². The summed E-state index contributed by atoms with van der Waals surface area (Å²) in [6.45, 7) is 3.16. The molecule has 10 heteroatoms. The van der Waals surface area contributed by atoms with Crippen molar-refractivity contribution < 1.29 is 19.2 Å². The highest BCUT2D eigenvalue weighted by Gasteiger charge is 2.39. The first-order chi connectivity index (χ1) is 20.5. The van der Waals surface area contributed by atoms with E-state index < -0.39 is 0 Å². The molecule has 4 saturated heterocycles. The van der Waals surface area contributed by atoms with Gasteiger partial charge in [-0.15, -0.1) is 0 Å². The lowest BCUT2D eigenvalue weighted by molar-refractivity contribution is -0.138. The summed E-state index contributed by atoms with van der Waals surface area (Å²) < 4.78 is 0. The van der Waals surface area contributed by atoms with E-state index in [9.17, 15) is 19.2 Å². The van der Waals surface area contributed by atoms with E-state index in [1.54, 1.807) is 9.80 Å². The Morgan fingerprint density at radius 3 is 1.33 bits per heavy atom. The molecule has 0 unspecified atom stereocenters. The van der Waals surface area contributed by atoms with Crippen LogP contribution < -0.4 is 21.3 Å². The van der Waals surface area contributed by atoms with Crippen LogP contribution in [0, 0.1) is 0 Å². The van der Waals surface area contributed by atoms with Gasteiger partial charge >= 0.3 is 0 Å². The number of hydrogen-bond acceptors (Lipinski definition) is 6. The van der Waals surface area contributed by atoms with Crippen molar-refractivity contribution in [3.63, 3.8) is 0 Å². The number of para-hydroxylation sites is 2. The summed E-state index contributed by atoms with van der Waals surface area (Å²) in [6.07, 6.45) is 7.10. The van der Waals surface area contributed by atoms with E-state index >= 15 is 0 Å². The highest BCUT2D eigenvalue weighted by atomic mass is 16.2.